The van der Waals surface area contributed by atoms with Gasteiger partial charge in [0, 0.05) is 29.5 Å². The molecule has 2 heterocycles. The zero-order chi connectivity index (χ0) is 19.4. The molecule has 3 rings (SSSR count). The van der Waals surface area contributed by atoms with E-state index in [-0.39, 0.29) is 18.7 Å². The predicted octanol–water partition coefficient (Wildman–Crippen LogP) is 3.59. The van der Waals surface area contributed by atoms with E-state index in [1.165, 1.54) is 0 Å². The van der Waals surface area contributed by atoms with Crippen molar-refractivity contribution in [1.82, 2.24) is 24.9 Å². The molecule has 0 fully saturated rings. The molecule has 142 valence electrons. The molecule has 27 heavy (non-hydrogen) atoms. The van der Waals surface area contributed by atoms with Gasteiger partial charge in [-0.3, -0.25) is 9.48 Å². The summed E-state index contributed by atoms with van der Waals surface area (Å²) in [6, 6.07) is 8.56. The van der Waals surface area contributed by atoms with Gasteiger partial charge in [0.25, 0.3) is 5.91 Å². The van der Waals surface area contributed by atoms with Crippen LogP contribution in [0, 0.1) is 6.92 Å². The normalized spacial score (nSPS) is 12.0. The third-order valence-electron chi connectivity index (χ3n) is 4.17. The molecule has 0 aliphatic carbocycles. The van der Waals surface area contributed by atoms with Gasteiger partial charge in [0.15, 0.2) is 6.73 Å². The van der Waals surface area contributed by atoms with Crippen molar-refractivity contribution in [2.24, 2.45) is 0 Å². The molecule has 1 unspecified atom stereocenters. The highest BCUT2D eigenvalue weighted by atomic mass is 35.5. The maximum atomic E-state index is 12.5. The lowest BCUT2D eigenvalue weighted by molar-refractivity contribution is 0.0932. The molecule has 0 bridgehead atoms. The molecule has 1 amide bonds. The zero-order valence-corrected chi connectivity index (χ0v) is 16.3. The van der Waals surface area contributed by atoms with Crippen LogP contribution in [-0.4, -0.2) is 25.5 Å². The van der Waals surface area contributed by atoms with Crippen LogP contribution in [0.2, 0.25) is 5.02 Å². The SMILES string of the molecule is CCn1cc(C(C)NC(=O)c2ccn(COc3ccc(Cl)cc3)n2)c(C)n1. The Bertz CT molecular complexity index is 917. The lowest BCUT2D eigenvalue weighted by Crippen LogP contribution is -2.27. The zero-order valence-electron chi connectivity index (χ0n) is 15.5. The highest BCUT2D eigenvalue weighted by Gasteiger charge is 2.17. The maximum absolute atomic E-state index is 12.5. The van der Waals surface area contributed by atoms with Gasteiger partial charge in [-0.15, -0.1) is 0 Å². The van der Waals surface area contributed by atoms with Crippen LogP contribution < -0.4 is 10.1 Å². The molecule has 8 heteroatoms. The molecule has 7 nitrogen and oxygen atoms in total. The van der Waals surface area contributed by atoms with Gasteiger partial charge in [-0.05, 0) is 51.1 Å². The topological polar surface area (TPSA) is 74.0 Å². The maximum Gasteiger partial charge on any atom is 0.272 e. The highest BCUT2D eigenvalue weighted by Crippen LogP contribution is 2.17. The first-order chi connectivity index (χ1) is 13.0. The van der Waals surface area contributed by atoms with Crippen LogP contribution in [-0.2, 0) is 13.3 Å². The fourth-order valence-corrected chi connectivity index (χ4v) is 2.82. The molecule has 0 aliphatic heterocycles. The second-order valence-electron chi connectivity index (χ2n) is 6.19. The van der Waals surface area contributed by atoms with E-state index in [1.807, 2.05) is 31.6 Å². The Morgan fingerprint density at radius 2 is 1.96 bits per heavy atom. The number of rotatable bonds is 7. The first kappa shape index (κ1) is 19.0. The minimum absolute atomic E-state index is 0.159. The van der Waals surface area contributed by atoms with Crippen LogP contribution in [0.15, 0.2) is 42.7 Å². The summed E-state index contributed by atoms with van der Waals surface area (Å²) in [5.74, 6) is 0.439. The van der Waals surface area contributed by atoms with Gasteiger partial charge in [-0.25, -0.2) is 4.68 Å². The number of carbonyl (C=O) groups excluding carboxylic acids is 1. The first-order valence-corrected chi connectivity index (χ1v) is 9.10. The Morgan fingerprint density at radius 1 is 1.22 bits per heavy atom. The molecular weight excluding hydrogens is 366 g/mol. The fourth-order valence-electron chi connectivity index (χ4n) is 2.69. The Labute approximate surface area is 162 Å². The fraction of sp³-hybridized carbons (Fsp3) is 0.316. The van der Waals surface area contributed by atoms with Gasteiger partial charge in [0.05, 0.1) is 11.7 Å². The number of ether oxygens (including phenoxy) is 1. The minimum atomic E-state index is -0.239. The van der Waals surface area contributed by atoms with Crippen molar-refractivity contribution in [2.75, 3.05) is 0 Å². The molecule has 0 radical (unpaired) electrons. The molecule has 3 aromatic rings. The summed E-state index contributed by atoms with van der Waals surface area (Å²) >= 11 is 5.85. The number of aromatic nitrogens is 4. The van der Waals surface area contributed by atoms with Gasteiger partial charge in [0.2, 0.25) is 0 Å². The van der Waals surface area contributed by atoms with Gasteiger partial charge in [0.1, 0.15) is 11.4 Å². The van der Waals surface area contributed by atoms with E-state index >= 15 is 0 Å². The molecule has 1 aromatic carbocycles. The largest absolute Gasteiger partial charge is 0.471 e. The number of nitrogens with one attached hydrogen (secondary N) is 1. The van der Waals surface area contributed by atoms with Crippen molar-refractivity contribution in [3.63, 3.8) is 0 Å². The summed E-state index contributed by atoms with van der Waals surface area (Å²) < 4.78 is 9.04. The van der Waals surface area contributed by atoms with Crippen LogP contribution >= 0.6 is 11.6 Å². The van der Waals surface area contributed by atoms with Gasteiger partial charge in [-0.2, -0.15) is 10.2 Å². The Balaban J connectivity index is 1.59. The molecule has 0 saturated carbocycles. The van der Waals surface area contributed by atoms with Gasteiger partial charge in [-0.1, -0.05) is 11.6 Å². The molecule has 0 aliphatic rings. The van der Waals surface area contributed by atoms with E-state index in [0.717, 1.165) is 17.8 Å². The van der Waals surface area contributed by atoms with Crippen LogP contribution in [0.5, 0.6) is 5.75 Å². The van der Waals surface area contributed by atoms with E-state index in [4.69, 9.17) is 16.3 Å². The highest BCUT2D eigenvalue weighted by molar-refractivity contribution is 6.30. The lowest BCUT2D eigenvalue weighted by atomic mass is 10.1. The van der Waals surface area contributed by atoms with E-state index < -0.39 is 0 Å². The summed E-state index contributed by atoms with van der Waals surface area (Å²) in [5.41, 5.74) is 2.24. The van der Waals surface area contributed by atoms with Crippen molar-refractivity contribution in [3.05, 3.63) is 64.7 Å². The number of benzene rings is 1. The first-order valence-electron chi connectivity index (χ1n) is 8.73. The Morgan fingerprint density at radius 3 is 2.63 bits per heavy atom. The van der Waals surface area contributed by atoms with E-state index in [2.05, 4.69) is 15.5 Å². The summed E-state index contributed by atoms with van der Waals surface area (Å²) in [5, 5.41) is 12.3. The molecular formula is C19H22ClN5O2. The lowest BCUT2D eigenvalue weighted by Gasteiger charge is -2.12. The van der Waals surface area contributed by atoms with Crippen molar-refractivity contribution >= 4 is 17.5 Å². The minimum Gasteiger partial charge on any atom is -0.471 e. The number of carbonyl (C=O) groups is 1. The van der Waals surface area contributed by atoms with Crippen molar-refractivity contribution in [2.45, 2.75) is 40.1 Å². The number of nitrogens with zero attached hydrogens (tertiary/aromatic N) is 4. The standard InChI is InChI=1S/C19H22ClN5O2/c1-4-24-11-17(14(3)22-24)13(2)21-19(26)18-9-10-25(23-18)12-27-16-7-5-15(20)6-8-16/h5-11,13H,4,12H2,1-3H3,(H,21,26). The van der Waals surface area contributed by atoms with Crippen molar-refractivity contribution < 1.29 is 9.53 Å². The molecule has 0 saturated heterocycles. The van der Waals surface area contributed by atoms with Crippen LogP contribution in [0.4, 0.5) is 0 Å². The van der Waals surface area contributed by atoms with E-state index in [9.17, 15) is 4.79 Å². The second-order valence-corrected chi connectivity index (χ2v) is 6.62. The predicted molar refractivity (Wildman–Crippen MR) is 103 cm³/mol. The summed E-state index contributed by atoms with van der Waals surface area (Å²) in [7, 11) is 0. The quantitative estimate of drug-likeness (QED) is 0.672. The van der Waals surface area contributed by atoms with Gasteiger partial charge < -0.3 is 10.1 Å². The monoisotopic (exact) mass is 387 g/mol. The molecule has 1 N–H and O–H groups in total. The Hall–Kier alpha value is -2.80. The van der Waals surface area contributed by atoms with Crippen LogP contribution in [0.1, 0.15) is 41.6 Å². The summed E-state index contributed by atoms with van der Waals surface area (Å²) in [4.78, 5) is 12.5. The third kappa shape index (κ3) is 4.68. The summed E-state index contributed by atoms with van der Waals surface area (Å²) in [6.07, 6.45) is 3.66. The van der Waals surface area contributed by atoms with Crippen molar-refractivity contribution in [3.8, 4) is 5.75 Å². The van der Waals surface area contributed by atoms with Crippen LogP contribution in [0.3, 0.4) is 0 Å². The van der Waals surface area contributed by atoms with E-state index in [0.29, 0.717) is 16.5 Å². The molecule has 0 spiro atoms. The number of hydrogen-bond donors (Lipinski definition) is 1. The summed E-state index contributed by atoms with van der Waals surface area (Å²) in [6.45, 7) is 6.89. The average Bonchev–Trinajstić information content (AvgIpc) is 3.27. The number of aryl methyl sites for hydroxylation is 2. The third-order valence-corrected chi connectivity index (χ3v) is 4.42. The van der Waals surface area contributed by atoms with Crippen molar-refractivity contribution in [1.29, 1.82) is 0 Å². The van der Waals surface area contributed by atoms with E-state index in [1.54, 1.807) is 41.2 Å². The van der Waals surface area contributed by atoms with Gasteiger partial charge >= 0.3 is 0 Å². The Kier molecular flexibility index (Phi) is 5.81. The number of amides is 1. The average molecular weight is 388 g/mol. The molecule has 1 atom stereocenters. The molecule has 2 aromatic heterocycles. The number of hydrogen-bond acceptors (Lipinski definition) is 4. The second kappa shape index (κ2) is 8.26. The van der Waals surface area contributed by atoms with Crippen LogP contribution in [0.25, 0.3) is 0 Å². The number of halogens is 1. The smallest absolute Gasteiger partial charge is 0.272 e.